The van der Waals surface area contributed by atoms with Crippen LogP contribution in [-0.2, 0) is 0 Å². The third-order valence-electron chi connectivity index (χ3n) is 2.29. The van der Waals surface area contributed by atoms with Gasteiger partial charge in [0.05, 0.1) is 22.4 Å². The van der Waals surface area contributed by atoms with Gasteiger partial charge in [0, 0.05) is 17.6 Å². The molecule has 0 aliphatic rings. The number of nitrogens with zero attached hydrogens (tertiary/aromatic N) is 1. The number of halogens is 2. The quantitative estimate of drug-likeness (QED) is 0.837. The van der Waals surface area contributed by atoms with Crippen molar-refractivity contribution >= 4 is 34.3 Å². The molecule has 0 bridgehead atoms. The van der Waals surface area contributed by atoms with Gasteiger partial charge in [-0.2, -0.15) is 0 Å². The normalized spacial score (nSPS) is 12.4. The molecule has 0 fully saturated rings. The van der Waals surface area contributed by atoms with Gasteiger partial charge in [0.1, 0.15) is 10.8 Å². The maximum atomic E-state index is 13.3. The number of nitrogen functional groups attached to an aromatic ring is 1. The van der Waals surface area contributed by atoms with E-state index >= 15 is 0 Å². The van der Waals surface area contributed by atoms with Gasteiger partial charge in [-0.15, -0.1) is 11.3 Å². The highest BCUT2D eigenvalue weighted by molar-refractivity contribution is 7.09. The van der Waals surface area contributed by atoms with Gasteiger partial charge in [-0.3, -0.25) is 0 Å². The van der Waals surface area contributed by atoms with E-state index in [-0.39, 0.29) is 11.1 Å². The topological polar surface area (TPSA) is 50.9 Å². The Morgan fingerprint density at radius 3 is 2.94 bits per heavy atom. The van der Waals surface area contributed by atoms with Gasteiger partial charge in [-0.05, 0) is 13.0 Å². The first kappa shape index (κ1) is 12.1. The van der Waals surface area contributed by atoms with Crippen LogP contribution in [0, 0.1) is 5.82 Å². The van der Waals surface area contributed by atoms with Gasteiger partial charge >= 0.3 is 0 Å². The number of aromatic nitrogens is 1. The number of rotatable bonds is 3. The molecule has 1 aromatic carbocycles. The van der Waals surface area contributed by atoms with Crippen LogP contribution in [0.25, 0.3) is 0 Å². The standard InChI is InChI=1S/C11H11ClFN3S/c1-6(11-15-2-3-17-11)16-10-5-8(13)7(12)4-9(10)14/h2-6,16H,14H2,1H3. The summed E-state index contributed by atoms with van der Waals surface area (Å²) in [7, 11) is 0. The second-order valence-electron chi connectivity index (χ2n) is 3.59. The van der Waals surface area contributed by atoms with Crippen molar-refractivity contribution in [2.45, 2.75) is 13.0 Å². The highest BCUT2D eigenvalue weighted by Gasteiger charge is 2.11. The lowest BCUT2D eigenvalue weighted by molar-refractivity contribution is 0.628. The fourth-order valence-electron chi connectivity index (χ4n) is 1.43. The molecule has 0 spiro atoms. The van der Waals surface area contributed by atoms with Crippen LogP contribution in [0.15, 0.2) is 23.7 Å². The average Bonchev–Trinajstić information content (AvgIpc) is 2.79. The molecule has 0 saturated heterocycles. The van der Waals surface area contributed by atoms with Crippen molar-refractivity contribution < 1.29 is 4.39 Å². The number of nitrogens with two attached hydrogens (primary N) is 1. The van der Waals surface area contributed by atoms with Crippen LogP contribution in [0.4, 0.5) is 15.8 Å². The zero-order valence-electron chi connectivity index (χ0n) is 9.08. The molecule has 0 saturated carbocycles. The lowest BCUT2D eigenvalue weighted by Crippen LogP contribution is -2.08. The number of nitrogens with one attached hydrogen (secondary N) is 1. The Hall–Kier alpha value is -1.33. The first-order chi connectivity index (χ1) is 8.08. The van der Waals surface area contributed by atoms with Crippen LogP contribution < -0.4 is 11.1 Å². The second-order valence-corrected chi connectivity index (χ2v) is 4.92. The monoisotopic (exact) mass is 271 g/mol. The molecule has 90 valence electrons. The molecule has 3 nitrogen and oxygen atoms in total. The minimum atomic E-state index is -0.491. The molecular formula is C11H11ClFN3S. The van der Waals surface area contributed by atoms with Crippen molar-refractivity contribution in [3.63, 3.8) is 0 Å². The molecule has 0 amide bonds. The molecule has 17 heavy (non-hydrogen) atoms. The summed E-state index contributed by atoms with van der Waals surface area (Å²) in [4.78, 5) is 4.18. The third-order valence-corrected chi connectivity index (χ3v) is 3.53. The summed E-state index contributed by atoms with van der Waals surface area (Å²) in [5.41, 5.74) is 6.70. The van der Waals surface area contributed by atoms with Crippen LogP contribution in [-0.4, -0.2) is 4.98 Å². The molecule has 1 heterocycles. The predicted octanol–water partition coefficient (Wildman–Crippen LogP) is 3.69. The van der Waals surface area contributed by atoms with Gasteiger partial charge in [-0.1, -0.05) is 11.6 Å². The van der Waals surface area contributed by atoms with Gasteiger partial charge in [0.2, 0.25) is 0 Å². The molecule has 0 radical (unpaired) electrons. The van der Waals surface area contributed by atoms with Crippen molar-refractivity contribution in [3.05, 3.63) is 39.6 Å². The summed E-state index contributed by atoms with van der Waals surface area (Å²) in [5, 5.41) is 5.93. The molecule has 0 aliphatic carbocycles. The number of hydrogen-bond acceptors (Lipinski definition) is 4. The maximum Gasteiger partial charge on any atom is 0.143 e. The van der Waals surface area contributed by atoms with Gasteiger partial charge < -0.3 is 11.1 Å². The second kappa shape index (κ2) is 4.89. The van der Waals surface area contributed by atoms with E-state index in [1.807, 2.05) is 12.3 Å². The van der Waals surface area contributed by atoms with Crippen LogP contribution in [0.5, 0.6) is 0 Å². The fourth-order valence-corrected chi connectivity index (χ4v) is 2.25. The smallest absolute Gasteiger partial charge is 0.143 e. The SMILES string of the molecule is CC(Nc1cc(F)c(Cl)cc1N)c1nccs1. The summed E-state index contributed by atoms with van der Waals surface area (Å²) in [6, 6.07) is 2.66. The molecule has 2 aromatic rings. The molecule has 1 unspecified atom stereocenters. The van der Waals surface area contributed by atoms with Gasteiger partial charge in [0.25, 0.3) is 0 Å². The van der Waals surface area contributed by atoms with E-state index in [4.69, 9.17) is 17.3 Å². The zero-order chi connectivity index (χ0) is 12.4. The molecule has 1 aromatic heterocycles. The van der Waals surface area contributed by atoms with E-state index in [0.717, 1.165) is 5.01 Å². The Balaban J connectivity index is 2.22. The van der Waals surface area contributed by atoms with Gasteiger partial charge in [0.15, 0.2) is 0 Å². The Labute approximate surface area is 107 Å². The first-order valence-electron chi connectivity index (χ1n) is 4.98. The van der Waals surface area contributed by atoms with Crippen LogP contribution in [0.1, 0.15) is 18.0 Å². The summed E-state index contributed by atoms with van der Waals surface area (Å²) in [5.74, 6) is -0.491. The Morgan fingerprint density at radius 1 is 1.53 bits per heavy atom. The number of thiazole rings is 1. The highest BCUT2D eigenvalue weighted by Crippen LogP contribution is 2.29. The van der Waals surface area contributed by atoms with Crippen molar-refractivity contribution in [2.75, 3.05) is 11.1 Å². The van der Waals surface area contributed by atoms with E-state index in [1.54, 1.807) is 6.20 Å². The minimum Gasteiger partial charge on any atom is -0.397 e. The largest absolute Gasteiger partial charge is 0.397 e. The van der Waals surface area contributed by atoms with Crippen LogP contribution in [0.2, 0.25) is 5.02 Å². The Bertz CT molecular complexity index is 516. The van der Waals surface area contributed by atoms with E-state index in [0.29, 0.717) is 11.4 Å². The predicted molar refractivity (Wildman–Crippen MR) is 70.0 cm³/mol. The average molecular weight is 272 g/mol. The Kier molecular flexibility index (Phi) is 3.49. The number of benzene rings is 1. The van der Waals surface area contributed by atoms with Crippen molar-refractivity contribution in [3.8, 4) is 0 Å². The first-order valence-corrected chi connectivity index (χ1v) is 6.24. The summed E-state index contributed by atoms with van der Waals surface area (Å²) in [6.45, 7) is 1.94. The fraction of sp³-hybridized carbons (Fsp3) is 0.182. The van der Waals surface area contributed by atoms with Crippen molar-refractivity contribution in [1.82, 2.24) is 4.98 Å². The summed E-state index contributed by atoms with van der Waals surface area (Å²) >= 11 is 7.16. The summed E-state index contributed by atoms with van der Waals surface area (Å²) in [6.07, 6.45) is 1.73. The third kappa shape index (κ3) is 2.68. The zero-order valence-corrected chi connectivity index (χ0v) is 10.6. The minimum absolute atomic E-state index is 0.0231. The number of hydrogen-bond donors (Lipinski definition) is 2. The van der Waals surface area contributed by atoms with E-state index in [2.05, 4.69) is 10.3 Å². The molecule has 3 N–H and O–H groups in total. The lowest BCUT2D eigenvalue weighted by Gasteiger charge is -2.15. The maximum absolute atomic E-state index is 13.3. The van der Waals surface area contributed by atoms with E-state index in [9.17, 15) is 4.39 Å². The number of anilines is 2. The molecule has 2 rings (SSSR count). The molecular weight excluding hydrogens is 261 g/mol. The van der Waals surface area contributed by atoms with E-state index in [1.165, 1.54) is 23.5 Å². The Morgan fingerprint density at radius 2 is 2.29 bits per heavy atom. The molecule has 0 aliphatic heterocycles. The highest BCUT2D eigenvalue weighted by atomic mass is 35.5. The van der Waals surface area contributed by atoms with Gasteiger partial charge in [-0.25, -0.2) is 9.37 Å². The molecule has 6 heteroatoms. The van der Waals surface area contributed by atoms with Crippen LogP contribution in [0.3, 0.4) is 0 Å². The molecule has 1 atom stereocenters. The van der Waals surface area contributed by atoms with Crippen molar-refractivity contribution in [2.24, 2.45) is 0 Å². The van der Waals surface area contributed by atoms with Crippen molar-refractivity contribution in [1.29, 1.82) is 0 Å². The lowest BCUT2D eigenvalue weighted by atomic mass is 10.2. The summed E-state index contributed by atoms with van der Waals surface area (Å²) < 4.78 is 13.3. The van der Waals surface area contributed by atoms with Crippen LogP contribution >= 0.6 is 22.9 Å². The van der Waals surface area contributed by atoms with E-state index < -0.39 is 5.82 Å².